The zero-order valence-electron chi connectivity index (χ0n) is 17.7. The van der Waals surface area contributed by atoms with E-state index in [1.165, 1.54) is 0 Å². The molecule has 1 heterocycles. The van der Waals surface area contributed by atoms with Crippen LogP contribution in [0.1, 0.15) is 70.2 Å². The Morgan fingerprint density at radius 2 is 1.71 bits per heavy atom. The summed E-state index contributed by atoms with van der Waals surface area (Å²) in [6.07, 6.45) is 4.86. The molecule has 156 valence electrons. The molecule has 6 nitrogen and oxygen atoms in total. The van der Waals surface area contributed by atoms with Crippen molar-refractivity contribution >= 4 is 11.8 Å². The third-order valence-electron chi connectivity index (χ3n) is 5.97. The highest BCUT2D eigenvalue weighted by Crippen LogP contribution is 2.23. The number of hydrogen-bond donors (Lipinski definition) is 2. The third-order valence-corrected chi connectivity index (χ3v) is 5.97. The molecule has 1 fully saturated rings. The molecule has 2 rings (SSSR count). The van der Waals surface area contributed by atoms with Crippen LogP contribution in [-0.2, 0) is 4.79 Å². The van der Waals surface area contributed by atoms with E-state index in [4.69, 9.17) is 10.5 Å². The van der Waals surface area contributed by atoms with Crippen LogP contribution in [0.25, 0.3) is 0 Å². The standard InChI is InChI=1S/C22H35N3O3/c1-5-22(23,6-2)15-24-21(27)18-10-12-19(13-11-18)28-14-20(26)25-16(3)8-7-9-17(25)4/h10-13,16-17H,5-9,14-15,23H2,1-4H3,(H,24,27). The number of benzene rings is 1. The number of rotatable bonds is 8. The molecule has 0 aliphatic carbocycles. The first kappa shape index (κ1) is 22.2. The Balaban J connectivity index is 1.87. The van der Waals surface area contributed by atoms with Gasteiger partial charge in [0.1, 0.15) is 5.75 Å². The van der Waals surface area contributed by atoms with E-state index in [2.05, 4.69) is 19.2 Å². The zero-order chi connectivity index (χ0) is 20.7. The van der Waals surface area contributed by atoms with Crippen LogP contribution in [0.2, 0.25) is 0 Å². The Morgan fingerprint density at radius 1 is 1.14 bits per heavy atom. The maximum Gasteiger partial charge on any atom is 0.260 e. The summed E-state index contributed by atoms with van der Waals surface area (Å²) < 4.78 is 5.66. The Bertz CT molecular complexity index is 645. The average molecular weight is 390 g/mol. The summed E-state index contributed by atoms with van der Waals surface area (Å²) >= 11 is 0. The van der Waals surface area contributed by atoms with E-state index in [9.17, 15) is 9.59 Å². The molecule has 2 amide bonds. The minimum absolute atomic E-state index is 0.0138. The monoisotopic (exact) mass is 389 g/mol. The van der Waals surface area contributed by atoms with E-state index in [0.717, 1.165) is 32.1 Å². The van der Waals surface area contributed by atoms with Crippen LogP contribution < -0.4 is 15.8 Å². The minimum Gasteiger partial charge on any atom is -0.484 e. The van der Waals surface area contributed by atoms with Gasteiger partial charge in [-0.05, 0) is 70.2 Å². The SMILES string of the molecule is CCC(N)(CC)CNC(=O)c1ccc(OCC(=O)N2C(C)CCCC2C)cc1. The van der Waals surface area contributed by atoms with E-state index in [1.807, 2.05) is 18.7 Å². The second kappa shape index (κ2) is 9.92. The molecule has 0 bridgehead atoms. The molecule has 0 aromatic heterocycles. The van der Waals surface area contributed by atoms with Crippen molar-refractivity contribution in [2.75, 3.05) is 13.2 Å². The average Bonchev–Trinajstić information content (AvgIpc) is 2.70. The summed E-state index contributed by atoms with van der Waals surface area (Å²) in [5.74, 6) is 0.438. The molecule has 3 N–H and O–H groups in total. The predicted molar refractivity (Wildman–Crippen MR) is 111 cm³/mol. The van der Waals surface area contributed by atoms with Gasteiger partial charge in [0.25, 0.3) is 11.8 Å². The van der Waals surface area contributed by atoms with Crippen LogP contribution in [0.5, 0.6) is 5.75 Å². The Kier molecular flexibility index (Phi) is 7.87. The van der Waals surface area contributed by atoms with E-state index >= 15 is 0 Å². The molecule has 2 atom stereocenters. The van der Waals surface area contributed by atoms with Crippen LogP contribution >= 0.6 is 0 Å². The highest BCUT2D eigenvalue weighted by atomic mass is 16.5. The number of ether oxygens (including phenoxy) is 1. The fourth-order valence-electron chi connectivity index (χ4n) is 3.69. The Labute approximate surface area is 168 Å². The number of nitrogens with two attached hydrogens (primary N) is 1. The van der Waals surface area contributed by atoms with Gasteiger partial charge in [0.15, 0.2) is 6.61 Å². The Hall–Kier alpha value is -2.08. The number of carbonyl (C=O) groups excluding carboxylic acids is 2. The summed E-state index contributed by atoms with van der Waals surface area (Å²) in [5, 5.41) is 2.90. The van der Waals surface area contributed by atoms with Gasteiger partial charge in [-0.2, -0.15) is 0 Å². The number of carbonyl (C=O) groups is 2. The fourth-order valence-corrected chi connectivity index (χ4v) is 3.69. The molecule has 1 aromatic carbocycles. The van der Waals surface area contributed by atoms with E-state index in [0.29, 0.717) is 17.9 Å². The summed E-state index contributed by atoms with van der Waals surface area (Å²) in [6, 6.07) is 7.37. The lowest BCUT2D eigenvalue weighted by atomic mass is 9.94. The molecule has 2 unspecified atom stereocenters. The smallest absolute Gasteiger partial charge is 0.260 e. The van der Waals surface area contributed by atoms with Gasteiger partial charge in [-0.15, -0.1) is 0 Å². The lowest BCUT2D eigenvalue weighted by molar-refractivity contribution is -0.139. The summed E-state index contributed by atoms with van der Waals surface area (Å²) in [5.41, 5.74) is 6.40. The van der Waals surface area contributed by atoms with Crippen molar-refractivity contribution in [1.29, 1.82) is 0 Å². The van der Waals surface area contributed by atoms with Gasteiger partial charge >= 0.3 is 0 Å². The molecule has 1 aromatic rings. The third kappa shape index (κ3) is 5.71. The molecule has 1 aliphatic rings. The lowest BCUT2D eigenvalue weighted by Crippen LogP contribution is -2.49. The molecular weight excluding hydrogens is 354 g/mol. The van der Waals surface area contributed by atoms with E-state index in [1.54, 1.807) is 24.3 Å². The largest absolute Gasteiger partial charge is 0.484 e. The topological polar surface area (TPSA) is 84.7 Å². The lowest BCUT2D eigenvalue weighted by Gasteiger charge is -2.38. The molecule has 0 spiro atoms. The Morgan fingerprint density at radius 3 is 2.25 bits per heavy atom. The quantitative estimate of drug-likeness (QED) is 0.715. The number of nitrogens with zero attached hydrogens (tertiary/aromatic N) is 1. The number of amides is 2. The molecule has 1 aliphatic heterocycles. The van der Waals surface area contributed by atoms with Gasteiger partial charge in [-0.1, -0.05) is 13.8 Å². The number of likely N-dealkylation sites (tertiary alicyclic amines) is 1. The normalized spacial score (nSPS) is 20.0. The molecule has 1 saturated heterocycles. The summed E-state index contributed by atoms with van der Waals surface area (Å²) in [7, 11) is 0. The highest BCUT2D eigenvalue weighted by Gasteiger charge is 2.29. The highest BCUT2D eigenvalue weighted by molar-refractivity contribution is 5.94. The van der Waals surface area contributed by atoms with Gasteiger partial charge in [0.05, 0.1) is 0 Å². The number of piperidine rings is 1. The van der Waals surface area contributed by atoms with Crippen LogP contribution in [-0.4, -0.2) is 47.5 Å². The van der Waals surface area contributed by atoms with Crippen molar-refractivity contribution in [2.24, 2.45) is 5.73 Å². The number of hydrogen-bond acceptors (Lipinski definition) is 4. The van der Waals surface area contributed by atoms with Crippen molar-refractivity contribution < 1.29 is 14.3 Å². The van der Waals surface area contributed by atoms with Crippen LogP contribution in [0, 0.1) is 0 Å². The molecule has 28 heavy (non-hydrogen) atoms. The van der Waals surface area contributed by atoms with Crippen molar-refractivity contribution in [3.05, 3.63) is 29.8 Å². The first-order chi connectivity index (χ1) is 13.3. The summed E-state index contributed by atoms with van der Waals surface area (Å²) in [4.78, 5) is 26.8. The maximum atomic E-state index is 12.5. The molecular formula is C22H35N3O3. The predicted octanol–water partition coefficient (Wildman–Crippen LogP) is 3.10. The van der Waals surface area contributed by atoms with Crippen LogP contribution in [0.3, 0.4) is 0 Å². The molecule has 0 radical (unpaired) electrons. The van der Waals surface area contributed by atoms with Gasteiger partial charge < -0.3 is 20.7 Å². The maximum absolute atomic E-state index is 12.5. The first-order valence-corrected chi connectivity index (χ1v) is 10.4. The van der Waals surface area contributed by atoms with E-state index < -0.39 is 0 Å². The van der Waals surface area contributed by atoms with Crippen molar-refractivity contribution in [3.8, 4) is 5.75 Å². The zero-order valence-corrected chi connectivity index (χ0v) is 17.7. The second-order valence-corrected chi connectivity index (χ2v) is 8.00. The summed E-state index contributed by atoms with van der Waals surface area (Å²) in [6.45, 7) is 8.69. The van der Waals surface area contributed by atoms with Gasteiger partial charge in [-0.25, -0.2) is 0 Å². The first-order valence-electron chi connectivity index (χ1n) is 10.4. The van der Waals surface area contributed by atoms with Crippen molar-refractivity contribution in [1.82, 2.24) is 10.2 Å². The van der Waals surface area contributed by atoms with Gasteiger partial charge in [0.2, 0.25) is 0 Å². The van der Waals surface area contributed by atoms with Crippen molar-refractivity contribution in [3.63, 3.8) is 0 Å². The van der Waals surface area contributed by atoms with Crippen LogP contribution in [0.15, 0.2) is 24.3 Å². The number of nitrogens with one attached hydrogen (secondary N) is 1. The second-order valence-electron chi connectivity index (χ2n) is 8.00. The molecule has 6 heteroatoms. The van der Waals surface area contributed by atoms with Crippen LogP contribution in [0.4, 0.5) is 0 Å². The van der Waals surface area contributed by atoms with Crippen molar-refractivity contribution in [2.45, 2.75) is 77.4 Å². The minimum atomic E-state index is -0.373. The van der Waals surface area contributed by atoms with Gasteiger partial charge in [-0.3, -0.25) is 9.59 Å². The fraction of sp³-hybridized carbons (Fsp3) is 0.636. The van der Waals surface area contributed by atoms with Gasteiger partial charge in [0, 0.05) is 29.7 Å². The molecule has 0 saturated carbocycles. The van der Waals surface area contributed by atoms with E-state index in [-0.39, 0.29) is 36.0 Å².